The van der Waals surface area contributed by atoms with Gasteiger partial charge >= 0.3 is 0 Å². The molecule has 1 N–H and O–H groups in total. The molecule has 86 valence electrons. The molecule has 3 heteroatoms. The smallest absolute Gasteiger partial charge is 0.0638 e. The van der Waals surface area contributed by atoms with Crippen molar-refractivity contribution < 1.29 is 0 Å². The third-order valence-electron chi connectivity index (χ3n) is 2.72. The van der Waals surface area contributed by atoms with E-state index < -0.39 is 0 Å². The van der Waals surface area contributed by atoms with Crippen LogP contribution in [0.5, 0.6) is 0 Å². The monoisotopic (exact) mass is 236 g/mol. The summed E-state index contributed by atoms with van der Waals surface area (Å²) in [6, 6.07) is 8.37. The summed E-state index contributed by atoms with van der Waals surface area (Å²) in [4.78, 5) is 0. The Kier molecular flexibility index (Phi) is 5.31. The molecule has 16 heavy (non-hydrogen) atoms. The van der Waals surface area contributed by atoms with E-state index in [4.69, 9.17) is 16.9 Å². The van der Waals surface area contributed by atoms with E-state index in [1.807, 2.05) is 25.1 Å². The highest BCUT2D eigenvalue weighted by Crippen LogP contribution is 2.15. The van der Waals surface area contributed by atoms with Crippen LogP contribution in [0.25, 0.3) is 0 Å². The van der Waals surface area contributed by atoms with Gasteiger partial charge in [-0.05, 0) is 36.6 Å². The Labute approximate surface area is 102 Å². The number of aryl methyl sites for hydroxylation is 1. The van der Waals surface area contributed by atoms with Gasteiger partial charge in [-0.2, -0.15) is 5.26 Å². The fraction of sp³-hybridized carbons (Fsp3) is 0.462. The van der Waals surface area contributed by atoms with Crippen LogP contribution in [0.2, 0.25) is 5.02 Å². The first kappa shape index (κ1) is 13.0. The Hall–Kier alpha value is -1.04. The zero-order valence-electron chi connectivity index (χ0n) is 9.76. The summed E-state index contributed by atoms with van der Waals surface area (Å²) >= 11 is 5.89. The molecule has 0 aliphatic carbocycles. The van der Waals surface area contributed by atoms with Crippen LogP contribution in [-0.2, 0) is 6.54 Å². The van der Waals surface area contributed by atoms with Crippen molar-refractivity contribution in [2.75, 3.05) is 0 Å². The van der Waals surface area contributed by atoms with Gasteiger partial charge in [0.2, 0.25) is 0 Å². The van der Waals surface area contributed by atoms with Crippen LogP contribution in [-0.4, -0.2) is 6.04 Å². The van der Waals surface area contributed by atoms with E-state index in [9.17, 15) is 0 Å². The average molecular weight is 237 g/mol. The lowest BCUT2D eigenvalue weighted by molar-refractivity contribution is 0.504. The van der Waals surface area contributed by atoms with Crippen molar-refractivity contribution in [3.05, 3.63) is 34.3 Å². The summed E-state index contributed by atoms with van der Waals surface area (Å²) in [7, 11) is 0. The maximum Gasteiger partial charge on any atom is 0.0638 e. The fourth-order valence-electron chi connectivity index (χ4n) is 1.58. The van der Waals surface area contributed by atoms with Gasteiger partial charge in [-0.3, -0.25) is 0 Å². The van der Waals surface area contributed by atoms with Gasteiger partial charge in [0.1, 0.15) is 0 Å². The second-order valence-corrected chi connectivity index (χ2v) is 4.36. The molecule has 2 nitrogen and oxygen atoms in total. The maximum absolute atomic E-state index is 8.65. The maximum atomic E-state index is 8.65. The lowest BCUT2D eigenvalue weighted by Crippen LogP contribution is -2.27. The number of halogens is 1. The summed E-state index contributed by atoms with van der Waals surface area (Å²) < 4.78 is 0. The molecule has 0 aliphatic rings. The molecule has 0 heterocycles. The SMILES string of the molecule is CCC(CC#N)NCc1ccc(Cl)cc1C. The number of nitrogens with zero attached hydrogens (tertiary/aromatic N) is 1. The highest BCUT2D eigenvalue weighted by Gasteiger charge is 2.05. The van der Waals surface area contributed by atoms with Crippen LogP contribution in [0.1, 0.15) is 30.9 Å². The molecule has 0 radical (unpaired) electrons. The molecular weight excluding hydrogens is 220 g/mol. The second-order valence-electron chi connectivity index (χ2n) is 3.92. The first-order chi connectivity index (χ1) is 7.67. The zero-order valence-corrected chi connectivity index (χ0v) is 10.5. The molecule has 1 aromatic rings. The van der Waals surface area contributed by atoms with Crippen LogP contribution < -0.4 is 5.32 Å². The Morgan fingerprint density at radius 2 is 2.25 bits per heavy atom. The number of benzene rings is 1. The molecule has 1 unspecified atom stereocenters. The first-order valence-electron chi connectivity index (χ1n) is 5.52. The van der Waals surface area contributed by atoms with Crippen molar-refractivity contribution in [1.29, 1.82) is 5.26 Å². The van der Waals surface area contributed by atoms with Gasteiger partial charge in [-0.1, -0.05) is 24.6 Å². The fourth-order valence-corrected chi connectivity index (χ4v) is 1.81. The summed E-state index contributed by atoms with van der Waals surface area (Å²) in [6.45, 7) is 4.93. The van der Waals surface area contributed by atoms with Gasteiger partial charge in [-0.25, -0.2) is 0 Å². The number of hydrogen-bond acceptors (Lipinski definition) is 2. The standard InChI is InChI=1S/C13H17ClN2/c1-3-13(6-7-15)16-9-11-4-5-12(14)8-10(11)2/h4-5,8,13,16H,3,6,9H2,1-2H3. The van der Waals surface area contributed by atoms with Gasteiger partial charge in [0, 0.05) is 17.6 Å². The molecule has 1 rings (SSSR count). The normalized spacial score (nSPS) is 12.1. The van der Waals surface area contributed by atoms with Crippen molar-refractivity contribution in [3.63, 3.8) is 0 Å². The number of rotatable bonds is 5. The predicted molar refractivity (Wildman–Crippen MR) is 67.3 cm³/mol. The van der Waals surface area contributed by atoms with E-state index in [0.717, 1.165) is 18.0 Å². The lowest BCUT2D eigenvalue weighted by atomic mass is 10.1. The minimum Gasteiger partial charge on any atom is -0.309 e. The Morgan fingerprint density at radius 1 is 1.50 bits per heavy atom. The molecule has 0 saturated carbocycles. The third-order valence-corrected chi connectivity index (χ3v) is 2.95. The summed E-state index contributed by atoms with van der Waals surface area (Å²) in [5.74, 6) is 0. The number of nitrogens with one attached hydrogen (secondary N) is 1. The van der Waals surface area contributed by atoms with Crippen molar-refractivity contribution in [2.45, 2.75) is 39.3 Å². The van der Waals surface area contributed by atoms with Gasteiger partial charge in [0.25, 0.3) is 0 Å². The summed E-state index contributed by atoms with van der Waals surface area (Å²) in [5, 5.41) is 12.8. The van der Waals surface area contributed by atoms with Gasteiger partial charge in [0.05, 0.1) is 12.5 Å². The summed E-state index contributed by atoms with van der Waals surface area (Å²) in [6.07, 6.45) is 1.53. The minimum atomic E-state index is 0.278. The molecule has 1 atom stereocenters. The number of hydrogen-bond donors (Lipinski definition) is 1. The van der Waals surface area contributed by atoms with Crippen LogP contribution >= 0.6 is 11.6 Å². The van der Waals surface area contributed by atoms with E-state index >= 15 is 0 Å². The van der Waals surface area contributed by atoms with Crippen LogP contribution in [0.4, 0.5) is 0 Å². The van der Waals surface area contributed by atoms with Gasteiger partial charge in [-0.15, -0.1) is 0 Å². The quantitative estimate of drug-likeness (QED) is 0.850. The number of nitriles is 1. The third kappa shape index (κ3) is 3.84. The van der Waals surface area contributed by atoms with Crippen molar-refractivity contribution in [1.82, 2.24) is 5.32 Å². The molecule has 1 aromatic carbocycles. The van der Waals surface area contributed by atoms with E-state index in [2.05, 4.69) is 18.3 Å². The lowest BCUT2D eigenvalue weighted by Gasteiger charge is -2.14. The molecule has 0 amide bonds. The highest BCUT2D eigenvalue weighted by atomic mass is 35.5. The minimum absolute atomic E-state index is 0.278. The van der Waals surface area contributed by atoms with Gasteiger partial charge < -0.3 is 5.32 Å². The summed E-state index contributed by atoms with van der Waals surface area (Å²) in [5.41, 5.74) is 2.42. The molecule has 0 bridgehead atoms. The molecular formula is C13H17ClN2. The van der Waals surface area contributed by atoms with E-state index in [-0.39, 0.29) is 6.04 Å². The topological polar surface area (TPSA) is 35.8 Å². The highest BCUT2D eigenvalue weighted by molar-refractivity contribution is 6.30. The average Bonchev–Trinajstić information content (AvgIpc) is 2.26. The van der Waals surface area contributed by atoms with Crippen molar-refractivity contribution in [3.8, 4) is 6.07 Å². The van der Waals surface area contributed by atoms with E-state index in [0.29, 0.717) is 6.42 Å². The van der Waals surface area contributed by atoms with Crippen LogP contribution in [0.3, 0.4) is 0 Å². The van der Waals surface area contributed by atoms with Crippen LogP contribution in [0, 0.1) is 18.3 Å². The van der Waals surface area contributed by atoms with Crippen molar-refractivity contribution in [2.24, 2.45) is 0 Å². The molecule has 0 fully saturated rings. The molecule has 0 aromatic heterocycles. The Morgan fingerprint density at radius 3 is 2.81 bits per heavy atom. The molecule has 0 aliphatic heterocycles. The first-order valence-corrected chi connectivity index (χ1v) is 5.90. The largest absolute Gasteiger partial charge is 0.309 e. The predicted octanol–water partition coefficient (Wildman–Crippen LogP) is 3.43. The Bertz CT molecular complexity index is 382. The van der Waals surface area contributed by atoms with E-state index in [1.54, 1.807) is 0 Å². The van der Waals surface area contributed by atoms with E-state index in [1.165, 1.54) is 11.1 Å². The van der Waals surface area contributed by atoms with Gasteiger partial charge in [0.15, 0.2) is 0 Å². The Balaban J connectivity index is 2.57. The molecule has 0 saturated heterocycles. The van der Waals surface area contributed by atoms with Crippen molar-refractivity contribution >= 4 is 11.6 Å². The zero-order chi connectivity index (χ0) is 12.0. The van der Waals surface area contributed by atoms with Crippen LogP contribution in [0.15, 0.2) is 18.2 Å². The second kappa shape index (κ2) is 6.52. The molecule has 0 spiro atoms.